The zero-order chi connectivity index (χ0) is 17.4. The molecule has 0 spiro atoms. The number of aryl methyl sites for hydroxylation is 1. The molecule has 0 amide bonds. The van der Waals surface area contributed by atoms with E-state index in [2.05, 4.69) is 0 Å². The van der Waals surface area contributed by atoms with E-state index in [-0.39, 0.29) is 30.5 Å². The zero-order valence-electron chi connectivity index (χ0n) is 14.0. The van der Waals surface area contributed by atoms with Gasteiger partial charge in [0.05, 0.1) is 17.6 Å². The standard InChI is InChI=1S/C17H26O6S/c1-14-5-7-16(8-6-14)24(19,20)22-13-10-15(9-11-18)23-17-4-2-3-12-21-17/h5-8,15,17-18H,2-4,9-13H2,1H3. The second-order valence-electron chi connectivity index (χ2n) is 5.94. The summed E-state index contributed by atoms with van der Waals surface area (Å²) < 4.78 is 40.7. The zero-order valence-corrected chi connectivity index (χ0v) is 14.8. The number of aliphatic hydroxyl groups is 1. The Balaban J connectivity index is 1.83. The Kier molecular flexibility index (Phi) is 7.64. The van der Waals surface area contributed by atoms with Gasteiger partial charge in [0.1, 0.15) is 0 Å². The second kappa shape index (κ2) is 9.48. The predicted octanol–water partition coefficient (Wildman–Crippen LogP) is 2.38. The minimum absolute atomic E-state index is 0.00754. The van der Waals surface area contributed by atoms with Gasteiger partial charge >= 0.3 is 0 Å². The SMILES string of the molecule is Cc1ccc(S(=O)(=O)OCCC(CCO)OC2CCCCO2)cc1. The molecule has 1 aromatic carbocycles. The lowest BCUT2D eigenvalue weighted by Gasteiger charge is -2.27. The first kappa shape index (κ1) is 19.3. The molecule has 24 heavy (non-hydrogen) atoms. The van der Waals surface area contributed by atoms with Crippen molar-refractivity contribution in [3.8, 4) is 0 Å². The third-order valence-electron chi connectivity index (χ3n) is 3.92. The van der Waals surface area contributed by atoms with Gasteiger partial charge in [-0.2, -0.15) is 8.42 Å². The van der Waals surface area contributed by atoms with Crippen LogP contribution in [-0.4, -0.2) is 45.7 Å². The van der Waals surface area contributed by atoms with Gasteiger partial charge in [-0.25, -0.2) is 0 Å². The van der Waals surface area contributed by atoms with Gasteiger partial charge in [-0.15, -0.1) is 0 Å². The van der Waals surface area contributed by atoms with E-state index in [1.807, 2.05) is 6.92 Å². The van der Waals surface area contributed by atoms with Gasteiger partial charge in [0, 0.05) is 13.2 Å². The summed E-state index contributed by atoms with van der Waals surface area (Å²) in [6.45, 7) is 2.55. The largest absolute Gasteiger partial charge is 0.396 e. The Bertz CT molecular complexity index is 578. The fraction of sp³-hybridized carbons (Fsp3) is 0.647. The highest BCUT2D eigenvalue weighted by Crippen LogP contribution is 2.19. The fourth-order valence-electron chi connectivity index (χ4n) is 2.52. The smallest absolute Gasteiger partial charge is 0.296 e. The van der Waals surface area contributed by atoms with Crippen LogP contribution >= 0.6 is 0 Å². The summed E-state index contributed by atoms with van der Waals surface area (Å²) in [5, 5.41) is 9.15. The molecule has 1 aromatic rings. The molecular weight excluding hydrogens is 332 g/mol. The Morgan fingerprint density at radius 3 is 2.62 bits per heavy atom. The van der Waals surface area contributed by atoms with E-state index < -0.39 is 10.1 Å². The average Bonchev–Trinajstić information content (AvgIpc) is 2.56. The molecule has 1 aliphatic rings. The van der Waals surface area contributed by atoms with Crippen LogP contribution in [0.25, 0.3) is 0 Å². The van der Waals surface area contributed by atoms with E-state index in [1.54, 1.807) is 12.1 Å². The second-order valence-corrected chi connectivity index (χ2v) is 7.56. The summed E-state index contributed by atoms with van der Waals surface area (Å²) in [7, 11) is -3.77. The van der Waals surface area contributed by atoms with Crippen LogP contribution < -0.4 is 0 Å². The minimum atomic E-state index is -3.77. The van der Waals surface area contributed by atoms with Gasteiger partial charge in [0.15, 0.2) is 6.29 Å². The normalized spacial score (nSPS) is 20.0. The molecule has 0 saturated carbocycles. The van der Waals surface area contributed by atoms with Crippen LogP contribution in [0.3, 0.4) is 0 Å². The first-order valence-corrected chi connectivity index (χ1v) is 9.76. The highest BCUT2D eigenvalue weighted by atomic mass is 32.2. The first-order chi connectivity index (χ1) is 11.5. The lowest BCUT2D eigenvalue weighted by atomic mass is 10.2. The number of benzene rings is 1. The van der Waals surface area contributed by atoms with Crippen LogP contribution in [0.2, 0.25) is 0 Å². The molecule has 6 nitrogen and oxygen atoms in total. The third-order valence-corrected chi connectivity index (χ3v) is 5.25. The Labute approximate surface area is 143 Å². The maximum atomic E-state index is 12.1. The van der Waals surface area contributed by atoms with Crippen molar-refractivity contribution in [1.29, 1.82) is 0 Å². The summed E-state index contributed by atoms with van der Waals surface area (Å²) in [5.74, 6) is 0. The Morgan fingerprint density at radius 1 is 1.25 bits per heavy atom. The minimum Gasteiger partial charge on any atom is -0.396 e. The van der Waals surface area contributed by atoms with Crippen LogP contribution in [0.4, 0.5) is 0 Å². The van der Waals surface area contributed by atoms with Gasteiger partial charge in [0.2, 0.25) is 0 Å². The summed E-state index contributed by atoms with van der Waals surface area (Å²) in [4.78, 5) is 0.142. The summed E-state index contributed by atoms with van der Waals surface area (Å²) in [6.07, 6.45) is 3.15. The molecule has 1 heterocycles. The van der Waals surface area contributed by atoms with Crippen molar-refractivity contribution < 1.29 is 27.2 Å². The molecule has 0 bridgehead atoms. The van der Waals surface area contributed by atoms with Crippen LogP contribution in [0, 0.1) is 6.92 Å². The Hall–Kier alpha value is -0.990. The molecule has 2 atom stereocenters. The van der Waals surface area contributed by atoms with Gasteiger partial charge in [-0.3, -0.25) is 4.18 Å². The topological polar surface area (TPSA) is 82.1 Å². The number of hydrogen-bond acceptors (Lipinski definition) is 6. The molecule has 7 heteroatoms. The monoisotopic (exact) mass is 358 g/mol. The van der Waals surface area contributed by atoms with Crippen molar-refractivity contribution in [2.75, 3.05) is 19.8 Å². The molecular formula is C17H26O6S. The van der Waals surface area contributed by atoms with Crippen LogP contribution in [0.1, 0.15) is 37.7 Å². The number of hydrogen-bond donors (Lipinski definition) is 1. The Morgan fingerprint density at radius 2 is 2.00 bits per heavy atom. The van der Waals surface area contributed by atoms with E-state index in [9.17, 15) is 8.42 Å². The van der Waals surface area contributed by atoms with Crippen LogP contribution in [-0.2, 0) is 23.8 Å². The van der Waals surface area contributed by atoms with Crippen molar-refractivity contribution in [3.63, 3.8) is 0 Å². The molecule has 0 radical (unpaired) electrons. The molecule has 1 saturated heterocycles. The van der Waals surface area contributed by atoms with E-state index in [0.29, 0.717) is 19.4 Å². The quantitative estimate of drug-likeness (QED) is 0.683. The van der Waals surface area contributed by atoms with Crippen molar-refractivity contribution in [3.05, 3.63) is 29.8 Å². The van der Waals surface area contributed by atoms with E-state index in [0.717, 1.165) is 24.8 Å². The van der Waals surface area contributed by atoms with Gasteiger partial charge in [-0.1, -0.05) is 17.7 Å². The fourth-order valence-corrected chi connectivity index (χ4v) is 3.44. The van der Waals surface area contributed by atoms with Crippen molar-refractivity contribution in [2.45, 2.75) is 56.3 Å². The average molecular weight is 358 g/mol. The maximum absolute atomic E-state index is 12.1. The van der Waals surface area contributed by atoms with Crippen molar-refractivity contribution >= 4 is 10.1 Å². The van der Waals surface area contributed by atoms with Crippen molar-refractivity contribution in [1.82, 2.24) is 0 Å². The highest BCUT2D eigenvalue weighted by Gasteiger charge is 2.21. The van der Waals surface area contributed by atoms with Crippen LogP contribution in [0.15, 0.2) is 29.2 Å². The van der Waals surface area contributed by atoms with Gasteiger partial charge in [-0.05, 0) is 51.2 Å². The maximum Gasteiger partial charge on any atom is 0.296 e. The number of ether oxygens (including phenoxy) is 2. The lowest BCUT2D eigenvalue weighted by molar-refractivity contribution is -0.192. The molecule has 2 rings (SSSR count). The van der Waals surface area contributed by atoms with Crippen molar-refractivity contribution in [2.24, 2.45) is 0 Å². The molecule has 0 aromatic heterocycles. The first-order valence-electron chi connectivity index (χ1n) is 8.35. The molecule has 2 unspecified atom stereocenters. The van der Waals surface area contributed by atoms with E-state index >= 15 is 0 Å². The summed E-state index contributed by atoms with van der Waals surface area (Å²) in [6, 6.07) is 6.52. The highest BCUT2D eigenvalue weighted by molar-refractivity contribution is 7.86. The predicted molar refractivity (Wildman–Crippen MR) is 89.1 cm³/mol. The number of rotatable bonds is 9. The van der Waals surface area contributed by atoms with E-state index in [4.69, 9.17) is 18.8 Å². The lowest BCUT2D eigenvalue weighted by Crippen LogP contribution is -2.29. The third kappa shape index (κ3) is 6.14. The van der Waals surface area contributed by atoms with Gasteiger partial charge < -0.3 is 14.6 Å². The van der Waals surface area contributed by atoms with E-state index in [1.165, 1.54) is 12.1 Å². The van der Waals surface area contributed by atoms with Gasteiger partial charge in [0.25, 0.3) is 10.1 Å². The number of aliphatic hydroxyl groups excluding tert-OH is 1. The molecule has 0 aliphatic carbocycles. The molecule has 136 valence electrons. The molecule has 1 fully saturated rings. The summed E-state index contributed by atoms with van der Waals surface area (Å²) >= 11 is 0. The molecule has 1 N–H and O–H groups in total. The summed E-state index contributed by atoms with van der Waals surface area (Å²) in [5.41, 5.74) is 0.984. The molecule has 1 aliphatic heterocycles. The van der Waals surface area contributed by atoms with Crippen LogP contribution in [0.5, 0.6) is 0 Å².